The van der Waals surface area contributed by atoms with Crippen LogP contribution in [0.4, 0.5) is 5.69 Å². The average Bonchev–Trinajstić information content (AvgIpc) is 2.28. The van der Waals surface area contributed by atoms with Gasteiger partial charge in [0.25, 0.3) is 0 Å². The predicted molar refractivity (Wildman–Crippen MR) is 57.8 cm³/mol. The van der Waals surface area contributed by atoms with E-state index in [1.54, 1.807) is 0 Å². The molecule has 0 saturated heterocycles. The van der Waals surface area contributed by atoms with Crippen molar-refractivity contribution < 1.29 is 4.79 Å². The molecule has 0 aromatic heterocycles. The van der Waals surface area contributed by atoms with Gasteiger partial charge in [-0.3, -0.25) is 4.79 Å². The van der Waals surface area contributed by atoms with Crippen LogP contribution in [0.25, 0.3) is 0 Å². The number of nitrogens with one attached hydrogen (secondary N) is 1. The number of carbonyl (C=O) groups excluding carboxylic acids is 1. The Labute approximate surface area is 88.3 Å². The van der Waals surface area contributed by atoms with Crippen LogP contribution >= 0.6 is 11.6 Å². The first kappa shape index (κ1) is 9.53. The molecule has 1 aromatic rings. The Morgan fingerprint density at radius 3 is 2.64 bits per heavy atom. The van der Waals surface area contributed by atoms with Crippen molar-refractivity contribution >= 4 is 23.2 Å². The molecule has 1 amide bonds. The predicted octanol–water partition coefficient (Wildman–Crippen LogP) is 2.88. The normalized spacial score (nSPS) is 17.9. The van der Waals surface area contributed by atoms with Crippen LogP contribution in [-0.4, -0.2) is 5.91 Å². The van der Waals surface area contributed by atoms with Crippen molar-refractivity contribution in [1.29, 1.82) is 0 Å². The largest absolute Gasteiger partial charge is 0.324 e. The first-order chi connectivity index (χ1) is 6.43. The summed E-state index contributed by atoms with van der Waals surface area (Å²) in [5.41, 5.74) is 2.38. The quantitative estimate of drug-likeness (QED) is 0.700. The van der Waals surface area contributed by atoms with E-state index in [-0.39, 0.29) is 5.91 Å². The Morgan fingerprint density at radius 1 is 1.36 bits per heavy atom. The minimum Gasteiger partial charge on any atom is -0.324 e. The fraction of sp³-hybridized carbons (Fsp3) is 0.364. The summed E-state index contributed by atoms with van der Waals surface area (Å²) in [6, 6.07) is 3.88. The Balaban J connectivity index is 2.71. The van der Waals surface area contributed by atoms with Crippen LogP contribution in [-0.2, 0) is 10.2 Å². The minimum absolute atomic E-state index is 0.0139. The Kier molecular flexibility index (Phi) is 1.86. The van der Waals surface area contributed by atoms with E-state index in [1.807, 2.05) is 32.9 Å². The lowest BCUT2D eigenvalue weighted by Gasteiger charge is -2.15. The number of carbonyl (C=O) groups is 1. The first-order valence-corrected chi connectivity index (χ1v) is 4.93. The van der Waals surface area contributed by atoms with Crippen molar-refractivity contribution in [2.45, 2.75) is 26.2 Å². The molecule has 1 aliphatic heterocycles. The summed E-state index contributed by atoms with van der Waals surface area (Å²) in [7, 11) is 0. The van der Waals surface area contributed by atoms with Gasteiger partial charge in [0.15, 0.2) is 0 Å². The van der Waals surface area contributed by atoms with Gasteiger partial charge in [-0.1, -0.05) is 17.7 Å². The van der Waals surface area contributed by atoms with E-state index >= 15 is 0 Å². The van der Waals surface area contributed by atoms with Gasteiger partial charge in [-0.05, 0) is 38.0 Å². The van der Waals surface area contributed by atoms with E-state index in [0.29, 0.717) is 5.02 Å². The van der Waals surface area contributed by atoms with Crippen molar-refractivity contribution in [3.05, 3.63) is 28.3 Å². The molecule has 0 unspecified atom stereocenters. The summed E-state index contributed by atoms with van der Waals surface area (Å²) in [5, 5.41) is 3.44. The van der Waals surface area contributed by atoms with Crippen LogP contribution in [0.15, 0.2) is 12.1 Å². The minimum atomic E-state index is -0.467. The van der Waals surface area contributed by atoms with Gasteiger partial charge in [0, 0.05) is 0 Å². The fourth-order valence-electron chi connectivity index (χ4n) is 1.75. The van der Waals surface area contributed by atoms with Gasteiger partial charge in [0.1, 0.15) is 0 Å². The van der Waals surface area contributed by atoms with Crippen molar-refractivity contribution in [2.75, 3.05) is 5.32 Å². The number of anilines is 1. The Hall–Kier alpha value is -1.02. The van der Waals surface area contributed by atoms with Crippen molar-refractivity contribution in [2.24, 2.45) is 0 Å². The second kappa shape index (κ2) is 2.74. The average molecular weight is 210 g/mol. The van der Waals surface area contributed by atoms with Crippen LogP contribution in [0.3, 0.4) is 0 Å². The highest BCUT2D eigenvalue weighted by atomic mass is 35.5. The molecular weight excluding hydrogens is 198 g/mol. The highest BCUT2D eigenvalue weighted by Gasteiger charge is 2.39. The first-order valence-electron chi connectivity index (χ1n) is 4.55. The molecule has 1 aromatic carbocycles. The summed E-state index contributed by atoms with van der Waals surface area (Å²) in [6.45, 7) is 5.79. The number of hydrogen-bond acceptors (Lipinski definition) is 1. The van der Waals surface area contributed by atoms with Crippen molar-refractivity contribution in [3.8, 4) is 0 Å². The molecule has 2 rings (SSSR count). The lowest BCUT2D eigenvalue weighted by atomic mass is 9.85. The maximum atomic E-state index is 11.6. The molecule has 0 saturated carbocycles. The Bertz CT molecular complexity index is 424. The van der Waals surface area contributed by atoms with E-state index < -0.39 is 5.41 Å². The maximum absolute atomic E-state index is 11.6. The third-order valence-corrected chi connectivity index (χ3v) is 3.01. The fourth-order valence-corrected chi connectivity index (χ4v) is 2.08. The molecule has 0 bridgehead atoms. The number of halogens is 1. The van der Waals surface area contributed by atoms with Gasteiger partial charge >= 0.3 is 0 Å². The zero-order valence-electron chi connectivity index (χ0n) is 8.44. The van der Waals surface area contributed by atoms with Crippen LogP contribution in [0.1, 0.15) is 25.0 Å². The lowest BCUT2D eigenvalue weighted by molar-refractivity contribution is -0.119. The second-order valence-electron chi connectivity index (χ2n) is 4.25. The van der Waals surface area contributed by atoms with E-state index in [2.05, 4.69) is 5.32 Å². The molecule has 1 N–H and O–H groups in total. The third kappa shape index (κ3) is 1.14. The van der Waals surface area contributed by atoms with Gasteiger partial charge in [0.2, 0.25) is 5.91 Å². The highest BCUT2D eigenvalue weighted by Crippen LogP contribution is 2.41. The van der Waals surface area contributed by atoms with E-state index in [0.717, 1.165) is 16.8 Å². The topological polar surface area (TPSA) is 29.1 Å². The maximum Gasteiger partial charge on any atom is 0.234 e. The zero-order valence-corrected chi connectivity index (χ0v) is 9.20. The van der Waals surface area contributed by atoms with Crippen molar-refractivity contribution in [3.63, 3.8) is 0 Å². The van der Waals surface area contributed by atoms with Crippen molar-refractivity contribution in [1.82, 2.24) is 0 Å². The number of benzene rings is 1. The molecule has 0 fully saturated rings. The number of amides is 1. The summed E-state index contributed by atoms with van der Waals surface area (Å²) in [4.78, 5) is 11.6. The highest BCUT2D eigenvalue weighted by molar-refractivity contribution is 6.34. The van der Waals surface area contributed by atoms with Gasteiger partial charge < -0.3 is 5.32 Å². The van der Waals surface area contributed by atoms with E-state index in [1.165, 1.54) is 0 Å². The summed E-state index contributed by atoms with van der Waals surface area (Å²) < 4.78 is 0. The molecule has 2 nitrogen and oxygen atoms in total. The molecule has 14 heavy (non-hydrogen) atoms. The van der Waals surface area contributed by atoms with Gasteiger partial charge in [-0.2, -0.15) is 0 Å². The van der Waals surface area contributed by atoms with Crippen LogP contribution in [0.2, 0.25) is 5.02 Å². The zero-order chi connectivity index (χ0) is 10.5. The number of aryl methyl sites for hydroxylation is 1. The summed E-state index contributed by atoms with van der Waals surface area (Å²) in [5.74, 6) is 0.0139. The molecule has 3 heteroatoms. The van der Waals surface area contributed by atoms with Gasteiger partial charge in [-0.25, -0.2) is 0 Å². The Morgan fingerprint density at radius 2 is 2.00 bits per heavy atom. The number of rotatable bonds is 0. The lowest BCUT2D eigenvalue weighted by Crippen LogP contribution is -2.26. The standard InChI is InChI=1S/C11H12ClNO/c1-6-4-7-9(8(12)5-6)13-10(14)11(7,2)3/h4-5H,1-3H3,(H,13,14). The van der Waals surface area contributed by atoms with Crippen LogP contribution < -0.4 is 5.32 Å². The monoisotopic (exact) mass is 209 g/mol. The van der Waals surface area contributed by atoms with Gasteiger partial charge in [-0.15, -0.1) is 0 Å². The van der Waals surface area contributed by atoms with Crippen LogP contribution in [0.5, 0.6) is 0 Å². The third-order valence-electron chi connectivity index (χ3n) is 2.71. The molecule has 1 aliphatic rings. The SMILES string of the molecule is Cc1cc(Cl)c2c(c1)C(C)(C)C(=O)N2. The second-order valence-corrected chi connectivity index (χ2v) is 4.66. The number of fused-ring (bicyclic) bond motifs is 1. The molecular formula is C11H12ClNO. The molecule has 0 radical (unpaired) electrons. The smallest absolute Gasteiger partial charge is 0.234 e. The van der Waals surface area contributed by atoms with E-state index in [9.17, 15) is 4.79 Å². The summed E-state index contributed by atoms with van der Waals surface area (Å²) in [6.07, 6.45) is 0. The van der Waals surface area contributed by atoms with Gasteiger partial charge in [0.05, 0.1) is 16.1 Å². The molecule has 0 aliphatic carbocycles. The molecule has 0 atom stereocenters. The number of hydrogen-bond donors (Lipinski definition) is 1. The molecule has 74 valence electrons. The van der Waals surface area contributed by atoms with Crippen LogP contribution in [0, 0.1) is 6.92 Å². The summed E-state index contributed by atoms with van der Waals surface area (Å²) >= 11 is 6.05. The van der Waals surface area contributed by atoms with E-state index in [4.69, 9.17) is 11.6 Å². The molecule has 0 spiro atoms. The molecule has 1 heterocycles.